The second-order valence-corrected chi connectivity index (χ2v) is 5.98. The summed E-state index contributed by atoms with van der Waals surface area (Å²) in [4.78, 5) is 1.24. The van der Waals surface area contributed by atoms with E-state index in [0.717, 1.165) is 25.0 Å². The number of nitriles is 1. The number of ether oxygens (including phenoxy) is 1. The molecule has 0 saturated heterocycles. The third kappa shape index (κ3) is 2.80. The lowest BCUT2D eigenvalue weighted by Gasteiger charge is -2.19. The molecule has 0 aliphatic heterocycles. The Morgan fingerprint density at radius 3 is 2.67 bits per heavy atom. The predicted octanol–water partition coefficient (Wildman–Crippen LogP) is 2.82. The molecule has 0 amide bonds. The summed E-state index contributed by atoms with van der Waals surface area (Å²) in [5.41, 5.74) is -0.315. The van der Waals surface area contributed by atoms with Crippen molar-refractivity contribution < 1.29 is 4.74 Å². The highest BCUT2D eigenvalue weighted by molar-refractivity contribution is 8.00. The van der Waals surface area contributed by atoms with Crippen LogP contribution in [0.4, 0.5) is 0 Å². The molecule has 2 unspecified atom stereocenters. The van der Waals surface area contributed by atoms with Gasteiger partial charge in [-0.25, -0.2) is 0 Å². The van der Waals surface area contributed by atoms with Crippen LogP contribution in [-0.4, -0.2) is 24.9 Å². The maximum atomic E-state index is 9.23. The number of benzene rings is 1. The van der Waals surface area contributed by atoms with E-state index in [-0.39, 0.29) is 5.54 Å². The topological polar surface area (TPSA) is 45.0 Å². The Morgan fingerprint density at radius 2 is 2.17 bits per heavy atom. The molecule has 2 atom stereocenters. The summed E-state index contributed by atoms with van der Waals surface area (Å²) in [6.45, 7) is 0. The molecule has 96 valence electrons. The van der Waals surface area contributed by atoms with Crippen LogP contribution in [0.5, 0.6) is 5.75 Å². The molecule has 0 aromatic heterocycles. The SMILES string of the molecule is CNC1(C#N)CCC(Sc2ccc(OC)cc2)C1. The van der Waals surface area contributed by atoms with Crippen LogP contribution in [0.1, 0.15) is 19.3 Å². The first-order chi connectivity index (χ1) is 8.71. The van der Waals surface area contributed by atoms with Crippen molar-refractivity contribution in [3.63, 3.8) is 0 Å². The zero-order chi connectivity index (χ0) is 13.0. The fourth-order valence-electron chi connectivity index (χ4n) is 2.33. The fraction of sp³-hybridized carbons (Fsp3) is 0.500. The first kappa shape index (κ1) is 13.3. The van der Waals surface area contributed by atoms with Gasteiger partial charge < -0.3 is 10.1 Å². The monoisotopic (exact) mass is 262 g/mol. The average Bonchev–Trinajstić information content (AvgIpc) is 2.84. The largest absolute Gasteiger partial charge is 0.497 e. The molecular weight excluding hydrogens is 244 g/mol. The van der Waals surface area contributed by atoms with Crippen LogP contribution >= 0.6 is 11.8 Å². The Labute approximate surface area is 113 Å². The van der Waals surface area contributed by atoms with Crippen LogP contribution in [0.25, 0.3) is 0 Å². The van der Waals surface area contributed by atoms with Crippen LogP contribution < -0.4 is 10.1 Å². The number of hydrogen-bond donors (Lipinski definition) is 1. The quantitative estimate of drug-likeness (QED) is 0.906. The predicted molar refractivity (Wildman–Crippen MR) is 73.9 cm³/mol. The van der Waals surface area contributed by atoms with Gasteiger partial charge in [-0.2, -0.15) is 5.26 Å². The molecule has 0 radical (unpaired) electrons. The van der Waals surface area contributed by atoms with Crippen molar-refractivity contribution in [2.45, 2.75) is 34.9 Å². The third-order valence-electron chi connectivity index (χ3n) is 3.52. The lowest BCUT2D eigenvalue weighted by Crippen LogP contribution is -2.38. The van der Waals surface area contributed by atoms with E-state index in [1.165, 1.54) is 4.90 Å². The highest BCUT2D eigenvalue weighted by atomic mass is 32.2. The normalized spacial score (nSPS) is 26.8. The van der Waals surface area contributed by atoms with Gasteiger partial charge in [0.15, 0.2) is 0 Å². The van der Waals surface area contributed by atoms with E-state index in [2.05, 4.69) is 23.5 Å². The van der Waals surface area contributed by atoms with Crippen molar-refractivity contribution in [3.8, 4) is 11.8 Å². The molecule has 1 aromatic rings. The molecule has 1 fully saturated rings. The summed E-state index contributed by atoms with van der Waals surface area (Å²) in [5.74, 6) is 0.882. The summed E-state index contributed by atoms with van der Waals surface area (Å²) in [6, 6.07) is 10.5. The first-order valence-electron chi connectivity index (χ1n) is 6.12. The fourth-order valence-corrected chi connectivity index (χ4v) is 3.61. The van der Waals surface area contributed by atoms with Crippen LogP contribution in [-0.2, 0) is 0 Å². The molecule has 1 aromatic carbocycles. The molecule has 1 saturated carbocycles. The molecular formula is C14H18N2OS. The molecule has 1 N–H and O–H groups in total. The number of hydrogen-bond acceptors (Lipinski definition) is 4. The second-order valence-electron chi connectivity index (χ2n) is 4.60. The minimum Gasteiger partial charge on any atom is -0.497 e. The van der Waals surface area contributed by atoms with Gasteiger partial charge in [-0.15, -0.1) is 11.8 Å². The van der Waals surface area contributed by atoms with Crippen molar-refractivity contribution >= 4 is 11.8 Å². The number of thioether (sulfide) groups is 1. The second kappa shape index (κ2) is 5.64. The molecule has 0 heterocycles. The maximum absolute atomic E-state index is 9.23. The summed E-state index contributed by atoms with van der Waals surface area (Å²) >= 11 is 1.86. The van der Waals surface area contributed by atoms with Gasteiger partial charge in [0.1, 0.15) is 11.3 Å². The van der Waals surface area contributed by atoms with E-state index >= 15 is 0 Å². The van der Waals surface area contributed by atoms with Gasteiger partial charge in [-0.1, -0.05) is 0 Å². The highest BCUT2D eigenvalue weighted by Gasteiger charge is 2.38. The Morgan fingerprint density at radius 1 is 1.44 bits per heavy atom. The molecule has 1 aliphatic rings. The summed E-state index contributed by atoms with van der Waals surface area (Å²) in [5, 5.41) is 12.9. The van der Waals surface area contributed by atoms with Crippen LogP contribution in [0, 0.1) is 11.3 Å². The van der Waals surface area contributed by atoms with Gasteiger partial charge in [0, 0.05) is 10.1 Å². The van der Waals surface area contributed by atoms with Crippen molar-refractivity contribution in [3.05, 3.63) is 24.3 Å². The van der Waals surface area contributed by atoms with Gasteiger partial charge in [0.2, 0.25) is 0 Å². The zero-order valence-corrected chi connectivity index (χ0v) is 11.6. The Bertz CT molecular complexity index is 440. The van der Waals surface area contributed by atoms with Gasteiger partial charge in [-0.05, 0) is 50.6 Å². The number of rotatable bonds is 4. The van der Waals surface area contributed by atoms with Gasteiger partial charge in [0.25, 0.3) is 0 Å². The van der Waals surface area contributed by atoms with Crippen LogP contribution in [0.15, 0.2) is 29.2 Å². The lowest BCUT2D eigenvalue weighted by molar-refractivity contribution is 0.414. The molecule has 1 aliphatic carbocycles. The molecule has 18 heavy (non-hydrogen) atoms. The minimum atomic E-state index is -0.315. The minimum absolute atomic E-state index is 0.315. The van der Waals surface area contributed by atoms with Crippen LogP contribution in [0.3, 0.4) is 0 Å². The smallest absolute Gasteiger partial charge is 0.118 e. The number of nitrogens with one attached hydrogen (secondary N) is 1. The van der Waals surface area contributed by atoms with Gasteiger partial charge in [-0.3, -0.25) is 0 Å². The van der Waals surface area contributed by atoms with E-state index < -0.39 is 0 Å². The molecule has 3 nitrogen and oxygen atoms in total. The molecule has 0 spiro atoms. The van der Waals surface area contributed by atoms with Crippen molar-refractivity contribution in [1.29, 1.82) is 5.26 Å². The molecule has 4 heteroatoms. The zero-order valence-electron chi connectivity index (χ0n) is 10.8. The van der Waals surface area contributed by atoms with E-state index in [1.807, 2.05) is 30.9 Å². The first-order valence-corrected chi connectivity index (χ1v) is 7.00. The Kier molecular flexibility index (Phi) is 4.15. The average molecular weight is 262 g/mol. The molecule has 2 rings (SSSR count). The van der Waals surface area contributed by atoms with Crippen LogP contribution in [0.2, 0.25) is 0 Å². The third-order valence-corrected chi connectivity index (χ3v) is 4.80. The number of nitrogens with zero attached hydrogens (tertiary/aromatic N) is 1. The van der Waals surface area contributed by atoms with Crippen molar-refractivity contribution in [2.24, 2.45) is 0 Å². The van der Waals surface area contributed by atoms with E-state index in [4.69, 9.17) is 4.74 Å². The maximum Gasteiger partial charge on any atom is 0.118 e. The van der Waals surface area contributed by atoms with E-state index in [0.29, 0.717) is 5.25 Å². The molecule has 0 bridgehead atoms. The van der Waals surface area contributed by atoms with Crippen molar-refractivity contribution in [2.75, 3.05) is 14.2 Å². The van der Waals surface area contributed by atoms with E-state index in [1.54, 1.807) is 7.11 Å². The van der Waals surface area contributed by atoms with E-state index in [9.17, 15) is 5.26 Å². The van der Waals surface area contributed by atoms with Crippen molar-refractivity contribution in [1.82, 2.24) is 5.32 Å². The summed E-state index contributed by atoms with van der Waals surface area (Å²) < 4.78 is 5.14. The Hall–Kier alpha value is -1.18. The Balaban J connectivity index is 1.97. The summed E-state index contributed by atoms with van der Waals surface area (Å²) in [7, 11) is 3.55. The summed E-state index contributed by atoms with van der Waals surface area (Å²) in [6.07, 6.45) is 2.94. The lowest BCUT2D eigenvalue weighted by atomic mass is 10.0. The van der Waals surface area contributed by atoms with Gasteiger partial charge >= 0.3 is 0 Å². The number of methoxy groups -OCH3 is 1. The standard InChI is InChI=1S/C14H18N2OS/c1-16-14(10-15)8-7-13(9-14)18-12-5-3-11(17-2)4-6-12/h3-6,13,16H,7-9H2,1-2H3. The van der Waals surface area contributed by atoms with Gasteiger partial charge in [0.05, 0.1) is 13.2 Å². The highest BCUT2D eigenvalue weighted by Crippen LogP contribution is 2.40.